The van der Waals surface area contributed by atoms with Gasteiger partial charge >= 0.3 is 0 Å². The Kier molecular flexibility index (Phi) is 10.7. The van der Waals surface area contributed by atoms with Gasteiger partial charge in [0.15, 0.2) is 0 Å². The van der Waals surface area contributed by atoms with Gasteiger partial charge in [0.25, 0.3) is 0 Å². The van der Waals surface area contributed by atoms with Gasteiger partial charge in [-0.25, -0.2) is 4.98 Å². The maximum absolute atomic E-state index is 5.75. The molecular formula is C82H47N5S3. The van der Waals surface area contributed by atoms with Crippen LogP contribution in [0.4, 0.5) is 0 Å². The fraction of sp³-hybridized carbons (Fsp3) is 0. The van der Waals surface area contributed by atoms with E-state index in [4.69, 9.17) is 9.97 Å². The van der Waals surface area contributed by atoms with Crippen LogP contribution in [0.15, 0.2) is 285 Å². The summed E-state index contributed by atoms with van der Waals surface area (Å²) in [5.74, 6) is 1.37. The molecule has 7 heterocycles. The fourth-order valence-electron chi connectivity index (χ4n) is 14.5. The van der Waals surface area contributed by atoms with Gasteiger partial charge in [-0.05, 0) is 155 Å². The quantitative estimate of drug-likeness (QED) is 0.160. The van der Waals surface area contributed by atoms with Crippen LogP contribution in [0.5, 0.6) is 0 Å². The molecule has 20 rings (SSSR count). The highest BCUT2D eigenvalue weighted by Crippen LogP contribution is 2.44. The Hall–Kier alpha value is -11.0. The normalized spacial score (nSPS) is 12.2. The van der Waals surface area contributed by atoms with Crippen LogP contribution in [0.3, 0.4) is 0 Å². The summed E-state index contributed by atoms with van der Waals surface area (Å²) in [6, 6.07) is 105. The minimum absolute atomic E-state index is 0.592. The van der Waals surface area contributed by atoms with Gasteiger partial charge in [0.2, 0.25) is 5.95 Å². The molecule has 0 saturated heterocycles. The molecule has 418 valence electrons. The van der Waals surface area contributed by atoms with Crippen molar-refractivity contribution in [3.8, 4) is 62.1 Å². The zero-order valence-corrected chi connectivity index (χ0v) is 50.5. The molecule has 0 radical (unpaired) electrons. The van der Waals surface area contributed by atoms with E-state index < -0.39 is 0 Å². The van der Waals surface area contributed by atoms with Crippen molar-refractivity contribution in [2.75, 3.05) is 0 Å². The molecule has 0 unspecified atom stereocenters. The van der Waals surface area contributed by atoms with Gasteiger partial charge in [-0.2, -0.15) is 4.98 Å². The summed E-state index contributed by atoms with van der Waals surface area (Å²) in [5.41, 5.74) is 16.5. The molecule has 20 aromatic rings. The molecule has 0 spiro atoms. The highest BCUT2D eigenvalue weighted by Gasteiger charge is 2.23. The van der Waals surface area contributed by atoms with E-state index in [9.17, 15) is 0 Å². The van der Waals surface area contributed by atoms with Crippen molar-refractivity contribution in [3.05, 3.63) is 285 Å². The van der Waals surface area contributed by atoms with Gasteiger partial charge in [-0.3, -0.25) is 9.13 Å². The van der Waals surface area contributed by atoms with E-state index in [-0.39, 0.29) is 0 Å². The SMILES string of the molecule is c1cc(-c2cc(-n3c4ccccc4c4cc(-c5ccc6sc7ccccc7c6c5)ccc43)nc(-n3c4ccccc4c4cc(-c5ccc6sc7ccccc7c6c5)ccc43)n2)cc(-n2c3ccccc3c3cc(-c4ccc5sc6ccccc6c5c4)ccc32)c1. The molecule has 5 nitrogen and oxygen atoms in total. The van der Waals surface area contributed by atoms with E-state index in [2.05, 4.69) is 299 Å². The molecule has 13 aromatic carbocycles. The van der Waals surface area contributed by atoms with Crippen molar-refractivity contribution in [1.29, 1.82) is 0 Å². The highest BCUT2D eigenvalue weighted by molar-refractivity contribution is 7.26. The maximum Gasteiger partial charge on any atom is 0.237 e. The van der Waals surface area contributed by atoms with Crippen LogP contribution in [0.1, 0.15) is 0 Å². The number of hydrogen-bond donors (Lipinski definition) is 0. The summed E-state index contributed by atoms with van der Waals surface area (Å²) in [7, 11) is 0. The van der Waals surface area contributed by atoms with Gasteiger partial charge in [0.05, 0.1) is 38.8 Å². The zero-order valence-electron chi connectivity index (χ0n) is 48.1. The summed E-state index contributed by atoms with van der Waals surface area (Å²) >= 11 is 5.57. The average Bonchev–Trinajstić information content (AvgIpc) is 1.68. The highest BCUT2D eigenvalue weighted by atomic mass is 32.1. The number of hydrogen-bond acceptors (Lipinski definition) is 5. The first-order valence-corrected chi connectivity index (χ1v) is 32.9. The number of rotatable bonds is 7. The molecule has 0 atom stereocenters. The molecule has 0 N–H and O–H groups in total. The Bertz CT molecular complexity index is 6190. The molecule has 0 bridgehead atoms. The molecule has 0 fully saturated rings. The van der Waals surface area contributed by atoms with Crippen molar-refractivity contribution in [2.24, 2.45) is 0 Å². The van der Waals surface area contributed by atoms with Crippen LogP contribution >= 0.6 is 34.0 Å². The summed E-state index contributed by atoms with van der Waals surface area (Å²) in [6.45, 7) is 0. The number of nitrogens with zero attached hydrogens (tertiary/aromatic N) is 5. The third kappa shape index (κ3) is 7.53. The maximum atomic E-state index is 5.75. The van der Waals surface area contributed by atoms with Gasteiger partial charge in [0.1, 0.15) is 5.82 Å². The molecule has 0 aliphatic heterocycles. The molecular weight excluding hydrogens is 1150 g/mol. The Balaban J connectivity index is 0.779. The summed E-state index contributed by atoms with van der Waals surface area (Å²) in [5, 5.41) is 14.8. The lowest BCUT2D eigenvalue weighted by Crippen LogP contribution is -2.07. The molecule has 90 heavy (non-hydrogen) atoms. The van der Waals surface area contributed by atoms with Crippen LogP contribution in [-0.2, 0) is 0 Å². The number of aromatic nitrogens is 5. The standard InChI is InChI=1S/C82H47N5S3/c1-7-22-69-56(16-1)62-41-48(51-31-37-78-65(44-51)59-19-4-10-25-75(59)88-78)28-34-72(62)85(69)55-15-13-14-54(40-55)68-47-81(86-70-23-8-2-17-57(70)63-42-49(29-35-73(63)86)52-32-38-79-66(45-52)60-20-5-11-26-76(60)89-79)84-82(83-68)87-71-24-9-3-18-58(71)64-43-50(30-36-74(64)87)53-33-39-80-67(46-53)61-21-6-12-27-77(61)90-80/h1-47H. The van der Waals surface area contributed by atoms with Crippen LogP contribution < -0.4 is 0 Å². The average molecular weight is 1200 g/mol. The zero-order chi connectivity index (χ0) is 58.7. The first-order chi connectivity index (χ1) is 44.6. The van der Waals surface area contributed by atoms with E-state index in [0.717, 1.165) is 83.0 Å². The fourth-order valence-corrected chi connectivity index (χ4v) is 17.8. The van der Waals surface area contributed by atoms with E-state index in [0.29, 0.717) is 5.95 Å². The first kappa shape index (κ1) is 50.0. The van der Waals surface area contributed by atoms with E-state index in [1.165, 1.54) is 99.1 Å². The van der Waals surface area contributed by atoms with Crippen LogP contribution in [0.2, 0.25) is 0 Å². The Labute approximate surface area is 527 Å². The van der Waals surface area contributed by atoms with Gasteiger partial charge in [0, 0.05) is 110 Å². The smallest absolute Gasteiger partial charge is 0.237 e. The lowest BCUT2D eigenvalue weighted by atomic mass is 10.0. The predicted octanol–water partition coefficient (Wildman–Crippen LogP) is 23.5. The lowest BCUT2D eigenvalue weighted by Gasteiger charge is -2.15. The molecule has 0 saturated carbocycles. The lowest BCUT2D eigenvalue weighted by molar-refractivity contribution is 0.952. The van der Waals surface area contributed by atoms with Gasteiger partial charge < -0.3 is 4.57 Å². The van der Waals surface area contributed by atoms with Gasteiger partial charge in [-0.15, -0.1) is 34.0 Å². The second-order valence-corrected chi connectivity index (χ2v) is 26.9. The molecule has 0 aliphatic rings. The largest absolute Gasteiger partial charge is 0.309 e. The Morgan fingerprint density at radius 2 is 0.556 bits per heavy atom. The number of fused-ring (bicyclic) bond motifs is 18. The third-order valence-electron chi connectivity index (χ3n) is 18.7. The van der Waals surface area contributed by atoms with Crippen LogP contribution in [-0.4, -0.2) is 23.7 Å². The Morgan fingerprint density at radius 3 is 1.02 bits per heavy atom. The second-order valence-electron chi connectivity index (χ2n) is 23.6. The van der Waals surface area contributed by atoms with Gasteiger partial charge in [-0.1, -0.05) is 158 Å². The summed E-state index contributed by atoms with van der Waals surface area (Å²) in [6.07, 6.45) is 0. The van der Waals surface area contributed by atoms with Crippen molar-refractivity contribution < 1.29 is 0 Å². The molecule has 0 amide bonds. The van der Waals surface area contributed by atoms with E-state index in [1.54, 1.807) is 0 Å². The number of para-hydroxylation sites is 3. The Morgan fingerprint density at radius 1 is 0.211 bits per heavy atom. The third-order valence-corrected chi connectivity index (χ3v) is 22.1. The second kappa shape index (κ2) is 19.2. The minimum atomic E-state index is 0.592. The monoisotopic (exact) mass is 1200 g/mol. The number of benzene rings is 13. The van der Waals surface area contributed by atoms with Crippen molar-refractivity contribution in [3.63, 3.8) is 0 Å². The minimum Gasteiger partial charge on any atom is -0.309 e. The van der Waals surface area contributed by atoms with Crippen molar-refractivity contribution in [2.45, 2.75) is 0 Å². The topological polar surface area (TPSA) is 40.6 Å². The van der Waals surface area contributed by atoms with Crippen molar-refractivity contribution in [1.82, 2.24) is 23.7 Å². The van der Waals surface area contributed by atoms with E-state index >= 15 is 0 Å². The summed E-state index contributed by atoms with van der Waals surface area (Å²) in [4.78, 5) is 11.5. The predicted molar refractivity (Wildman–Crippen MR) is 385 cm³/mol. The number of thiophene rings is 3. The summed E-state index contributed by atoms with van der Waals surface area (Å²) < 4.78 is 14.9. The van der Waals surface area contributed by atoms with Crippen LogP contribution in [0.25, 0.3) is 188 Å². The van der Waals surface area contributed by atoms with E-state index in [1.807, 2.05) is 34.0 Å². The molecule has 7 aromatic heterocycles. The molecule has 8 heteroatoms. The van der Waals surface area contributed by atoms with Crippen molar-refractivity contribution >= 4 is 160 Å². The molecule has 0 aliphatic carbocycles. The van der Waals surface area contributed by atoms with Crippen LogP contribution in [0, 0.1) is 0 Å². The first-order valence-electron chi connectivity index (χ1n) is 30.4.